The van der Waals surface area contributed by atoms with Crippen molar-refractivity contribution in [2.45, 2.75) is 24.5 Å². The predicted molar refractivity (Wildman–Crippen MR) is 88.2 cm³/mol. The van der Waals surface area contributed by atoms with Crippen molar-refractivity contribution >= 4 is 5.97 Å². The van der Waals surface area contributed by atoms with E-state index in [-0.39, 0.29) is 12.1 Å². The highest BCUT2D eigenvalue weighted by Crippen LogP contribution is 2.43. The van der Waals surface area contributed by atoms with Crippen molar-refractivity contribution in [3.8, 4) is 0 Å². The largest absolute Gasteiger partial charge is 0.459 e. The van der Waals surface area contributed by atoms with Crippen LogP contribution in [0.5, 0.6) is 0 Å². The van der Waals surface area contributed by atoms with Gasteiger partial charge >= 0.3 is 5.97 Å². The Morgan fingerprint density at radius 1 is 1.04 bits per heavy atom. The van der Waals surface area contributed by atoms with Crippen molar-refractivity contribution in [3.05, 3.63) is 84.4 Å². The number of hydrogen-bond acceptors (Lipinski definition) is 4. The van der Waals surface area contributed by atoms with Crippen molar-refractivity contribution in [1.29, 1.82) is 0 Å². The molecule has 1 fully saturated rings. The molecule has 120 valence electrons. The van der Waals surface area contributed by atoms with Crippen LogP contribution in [0.15, 0.2) is 73.3 Å². The number of esters is 1. The lowest BCUT2D eigenvalue weighted by molar-refractivity contribution is -0.145. The van der Waals surface area contributed by atoms with Crippen LogP contribution in [0.3, 0.4) is 0 Å². The zero-order valence-electron chi connectivity index (χ0n) is 13.1. The maximum Gasteiger partial charge on any atom is 0.321 e. The van der Waals surface area contributed by atoms with Gasteiger partial charge in [0.1, 0.15) is 24.2 Å². The van der Waals surface area contributed by atoms with E-state index in [2.05, 4.69) is 10.1 Å². The zero-order valence-corrected chi connectivity index (χ0v) is 13.1. The maximum absolute atomic E-state index is 13.0. The molecule has 1 unspecified atom stereocenters. The predicted octanol–water partition coefficient (Wildman–Crippen LogP) is 2.58. The normalized spacial score (nSPS) is 19.2. The lowest BCUT2D eigenvalue weighted by atomic mass is 9.72. The Balaban J connectivity index is 1.75. The Labute approximate surface area is 139 Å². The summed E-state index contributed by atoms with van der Waals surface area (Å²) in [7, 11) is 0. The van der Waals surface area contributed by atoms with E-state index in [1.165, 1.54) is 6.33 Å². The topological polar surface area (TPSA) is 57.0 Å². The number of carbonyl (C=O) groups excluding carboxylic acids is 1. The first-order valence-electron chi connectivity index (χ1n) is 7.93. The Kier molecular flexibility index (Phi) is 3.61. The van der Waals surface area contributed by atoms with Crippen molar-refractivity contribution in [1.82, 2.24) is 14.8 Å². The Morgan fingerprint density at radius 2 is 1.67 bits per heavy atom. The van der Waals surface area contributed by atoms with Crippen LogP contribution in [-0.2, 0) is 21.5 Å². The van der Waals surface area contributed by atoms with Crippen LogP contribution in [0.1, 0.15) is 17.5 Å². The average Bonchev–Trinajstić information content (AvgIpc) is 3.25. The lowest BCUT2D eigenvalue weighted by Crippen LogP contribution is -2.33. The molecule has 0 N–H and O–H groups in total. The number of hydrogen-bond donors (Lipinski definition) is 0. The number of ether oxygens (including phenoxy) is 1. The molecule has 24 heavy (non-hydrogen) atoms. The number of benzene rings is 2. The van der Waals surface area contributed by atoms with E-state index < -0.39 is 5.41 Å². The molecule has 0 saturated carbocycles. The molecule has 2 heterocycles. The molecule has 0 spiro atoms. The number of nitrogens with zero attached hydrogens (tertiary/aromatic N) is 3. The highest BCUT2D eigenvalue weighted by molar-refractivity contribution is 5.89. The molecule has 1 saturated heterocycles. The molecule has 0 bridgehead atoms. The molecule has 1 aliphatic rings. The van der Waals surface area contributed by atoms with Gasteiger partial charge in [0.15, 0.2) is 0 Å². The van der Waals surface area contributed by atoms with E-state index in [0.717, 1.165) is 11.1 Å². The highest BCUT2D eigenvalue weighted by Gasteiger charge is 2.51. The molecule has 1 atom stereocenters. The van der Waals surface area contributed by atoms with Crippen molar-refractivity contribution < 1.29 is 9.53 Å². The van der Waals surface area contributed by atoms with Gasteiger partial charge in [-0.3, -0.25) is 4.79 Å². The Hall–Kier alpha value is -2.95. The van der Waals surface area contributed by atoms with Crippen molar-refractivity contribution in [2.75, 3.05) is 0 Å². The van der Waals surface area contributed by atoms with Gasteiger partial charge < -0.3 is 4.74 Å². The average molecular weight is 319 g/mol. The molecular weight excluding hydrogens is 302 g/mol. The first kappa shape index (κ1) is 14.6. The Bertz CT molecular complexity index is 777. The molecular formula is C19H17N3O2. The summed E-state index contributed by atoms with van der Waals surface area (Å²) in [6.07, 6.45) is 3.47. The third-order valence-corrected chi connectivity index (χ3v) is 4.55. The van der Waals surface area contributed by atoms with E-state index in [4.69, 9.17) is 4.74 Å². The molecule has 0 amide bonds. The van der Waals surface area contributed by atoms with Crippen molar-refractivity contribution in [3.63, 3.8) is 0 Å². The van der Waals surface area contributed by atoms with Crippen LogP contribution in [-0.4, -0.2) is 26.8 Å². The fraction of sp³-hybridized carbons (Fsp3) is 0.211. The molecule has 2 aromatic carbocycles. The first-order valence-corrected chi connectivity index (χ1v) is 7.93. The second-order valence-corrected chi connectivity index (χ2v) is 5.99. The van der Waals surface area contributed by atoms with Gasteiger partial charge in [0.25, 0.3) is 0 Å². The van der Waals surface area contributed by atoms with Gasteiger partial charge in [-0.25, -0.2) is 9.67 Å². The van der Waals surface area contributed by atoms with Gasteiger partial charge in [0, 0.05) is 6.42 Å². The summed E-state index contributed by atoms with van der Waals surface area (Å²) >= 11 is 0. The summed E-state index contributed by atoms with van der Waals surface area (Å²) in [5.74, 6) is -0.204. The number of cyclic esters (lactones) is 1. The molecule has 0 aliphatic carbocycles. The second-order valence-electron chi connectivity index (χ2n) is 5.99. The zero-order chi connectivity index (χ0) is 16.4. The summed E-state index contributed by atoms with van der Waals surface area (Å²) in [6.45, 7) is 0.507. The van der Waals surface area contributed by atoms with Gasteiger partial charge in [0.05, 0.1) is 6.54 Å². The molecule has 0 radical (unpaired) electrons. The van der Waals surface area contributed by atoms with Gasteiger partial charge in [-0.05, 0) is 11.1 Å². The minimum atomic E-state index is -0.770. The summed E-state index contributed by atoms with van der Waals surface area (Å²) in [4.78, 5) is 16.9. The monoisotopic (exact) mass is 319 g/mol. The minimum Gasteiger partial charge on any atom is -0.459 e. The SMILES string of the molecule is O=C1OC(Cn2cncn2)CC1(c1ccccc1)c1ccccc1. The molecule has 1 aromatic heterocycles. The highest BCUT2D eigenvalue weighted by atomic mass is 16.6. The van der Waals surface area contributed by atoms with Crippen LogP contribution in [0, 0.1) is 0 Å². The van der Waals surface area contributed by atoms with Crippen LogP contribution >= 0.6 is 0 Å². The van der Waals surface area contributed by atoms with Crippen LogP contribution in [0.25, 0.3) is 0 Å². The third-order valence-electron chi connectivity index (χ3n) is 4.55. The van der Waals surface area contributed by atoms with Crippen molar-refractivity contribution in [2.24, 2.45) is 0 Å². The fourth-order valence-corrected chi connectivity index (χ4v) is 3.44. The van der Waals surface area contributed by atoms with E-state index >= 15 is 0 Å². The first-order chi connectivity index (χ1) is 11.8. The molecule has 4 rings (SSSR count). The summed E-state index contributed by atoms with van der Waals surface area (Å²) in [6, 6.07) is 19.7. The van der Waals surface area contributed by atoms with Crippen LogP contribution in [0.2, 0.25) is 0 Å². The third kappa shape index (κ3) is 2.38. The van der Waals surface area contributed by atoms with E-state index in [0.29, 0.717) is 13.0 Å². The summed E-state index contributed by atoms with van der Waals surface area (Å²) < 4.78 is 7.43. The van der Waals surface area contributed by atoms with Crippen LogP contribution < -0.4 is 0 Å². The lowest BCUT2D eigenvalue weighted by Gasteiger charge is -2.26. The van der Waals surface area contributed by atoms with Gasteiger partial charge in [0.2, 0.25) is 0 Å². The number of rotatable bonds is 4. The van der Waals surface area contributed by atoms with Gasteiger partial charge in [-0.15, -0.1) is 0 Å². The van der Waals surface area contributed by atoms with E-state index in [9.17, 15) is 4.79 Å². The van der Waals surface area contributed by atoms with Crippen LogP contribution in [0.4, 0.5) is 0 Å². The molecule has 5 heteroatoms. The summed E-state index contributed by atoms with van der Waals surface area (Å²) in [5, 5.41) is 4.11. The van der Waals surface area contributed by atoms with E-state index in [1.54, 1.807) is 11.0 Å². The quantitative estimate of drug-likeness (QED) is 0.694. The van der Waals surface area contributed by atoms with Gasteiger partial charge in [-0.1, -0.05) is 60.7 Å². The second kappa shape index (κ2) is 5.92. The molecule has 5 nitrogen and oxygen atoms in total. The Morgan fingerprint density at radius 3 is 2.21 bits per heavy atom. The smallest absolute Gasteiger partial charge is 0.321 e. The van der Waals surface area contributed by atoms with E-state index in [1.807, 2.05) is 60.7 Å². The minimum absolute atomic E-state index is 0.204. The number of aromatic nitrogens is 3. The van der Waals surface area contributed by atoms with Gasteiger partial charge in [-0.2, -0.15) is 5.10 Å². The standard InChI is InChI=1S/C19H17N3O2/c23-18-19(15-7-3-1-4-8-15,16-9-5-2-6-10-16)11-17(24-18)12-22-14-20-13-21-22/h1-10,13-14,17H,11-12H2. The molecule has 3 aromatic rings. The fourth-order valence-electron chi connectivity index (χ4n) is 3.44. The maximum atomic E-state index is 13.0. The number of carbonyl (C=O) groups is 1. The summed E-state index contributed by atoms with van der Waals surface area (Å²) in [5.41, 5.74) is 1.15. The molecule has 1 aliphatic heterocycles.